The smallest absolute Gasteiger partial charge is 0.240 e. The monoisotopic (exact) mass is 436 g/mol. The molecule has 3 atom stereocenters. The zero-order valence-electron chi connectivity index (χ0n) is 19.7. The van der Waals surface area contributed by atoms with Crippen molar-refractivity contribution in [2.24, 2.45) is 17.8 Å². The second-order valence-electron chi connectivity index (χ2n) is 9.44. The molecule has 30 heavy (non-hydrogen) atoms. The minimum Gasteiger partial charge on any atom is -0.497 e. The molecular weight excluding hydrogens is 396 g/mol. The number of hydrogen-bond acceptors (Lipinski definition) is 5. The van der Waals surface area contributed by atoms with Crippen molar-refractivity contribution in [3.8, 4) is 11.5 Å². The minimum absolute atomic E-state index is 0.0336. The molecule has 6 heteroatoms. The standard InChI is InChI=1S/C24H40N2O3S/c1-8-19(14-18-12-16(2)11-17(3)13-18)25-23(27)24(4,5)26-30-22-10-9-20(28-6)15-21(22)29-7/h9-10,15-19,26H,8,11-14H2,1-7H3,(H,25,27). The van der Waals surface area contributed by atoms with Crippen LogP contribution in [0, 0.1) is 17.8 Å². The molecule has 3 unspecified atom stereocenters. The maximum atomic E-state index is 13.0. The molecule has 170 valence electrons. The van der Waals surface area contributed by atoms with E-state index in [1.165, 1.54) is 31.2 Å². The van der Waals surface area contributed by atoms with Gasteiger partial charge in [0.1, 0.15) is 17.0 Å². The van der Waals surface area contributed by atoms with Crippen LogP contribution in [0.3, 0.4) is 0 Å². The Labute approximate surface area is 187 Å². The Morgan fingerprint density at radius 2 is 1.83 bits per heavy atom. The van der Waals surface area contributed by atoms with Crippen LogP contribution in [0.2, 0.25) is 0 Å². The van der Waals surface area contributed by atoms with Gasteiger partial charge in [-0.2, -0.15) is 0 Å². The highest BCUT2D eigenvalue weighted by atomic mass is 32.2. The van der Waals surface area contributed by atoms with E-state index in [0.717, 1.165) is 41.1 Å². The molecule has 1 saturated carbocycles. The molecule has 1 aromatic carbocycles. The molecule has 2 rings (SSSR count). The lowest BCUT2D eigenvalue weighted by molar-refractivity contribution is -0.126. The van der Waals surface area contributed by atoms with Gasteiger partial charge in [0.15, 0.2) is 0 Å². The van der Waals surface area contributed by atoms with Crippen LogP contribution in [-0.4, -0.2) is 31.7 Å². The summed E-state index contributed by atoms with van der Waals surface area (Å²) in [6.07, 6.45) is 5.94. The highest BCUT2D eigenvalue weighted by molar-refractivity contribution is 7.97. The van der Waals surface area contributed by atoms with E-state index in [9.17, 15) is 4.79 Å². The van der Waals surface area contributed by atoms with Crippen molar-refractivity contribution >= 4 is 17.9 Å². The summed E-state index contributed by atoms with van der Waals surface area (Å²) >= 11 is 1.41. The largest absolute Gasteiger partial charge is 0.497 e. The molecule has 0 heterocycles. The van der Waals surface area contributed by atoms with Crippen molar-refractivity contribution in [1.29, 1.82) is 0 Å². The second-order valence-corrected chi connectivity index (χ2v) is 10.3. The summed E-state index contributed by atoms with van der Waals surface area (Å²) < 4.78 is 14.0. The first kappa shape index (κ1) is 24.9. The molecule has 0 bridgehead atoms. The van der Waals surface area contributed by atoms with Crippen molar-refractivity contribution in [1.82, 2.24) is 10.0 Å². The number of hydrogen-bond donors (Lipinski definition) is 2. The Morgan fingerprint density at radius 3 is 2.40 bits per heavy atom. The maximum Gasteiger partial charge on any atom is 0.240 e. The number of amides is 1. The van der Waals surface area contributed by atoms with E-state index < -0.39 is 5.54 Å². The van der Waals surface area contributed by atoms with Gasteiger partial charge in [0.05, 0.1) is 19.1 Å². The highest BCUT2D eigenvalue weighted by Crippen LogP contribution is 2.36. The second kappa shape index (κ2) is 11.3. The molecule has 1 aliphatic rings. The van der Waals surface area contributed by atoms with Gasteiger partial charge in [-0.25, -0.2) is 4.72 Å². The fourth-order valence-corrected chi connectivity index (χ4v) is 5.33. The number of carbonyl (C=O) groups is 1. The number of ether oxygens (including phenoxy) is 2. The lowest BCUT2D eigenvalue weighted by Gasteiger charge is -2.34. The van der Waals surface area contributed by atoms with E-state index in [4.69, 9.17) is 9.47 Å². The molecule has 0 radical (unpaired) electrons. The van der Waals surface area contributed by atoms with Gasteiger partial charge in [-0.3, -0.25) is 4.79 Å². The van der Waals surface area contributed by atoms with E-state index in [1.54, 1.807) is 14.2 Å². The summed E-state index contributed by atoms with van der Waals surface area (Å²) in [4.78, 5) is 14.0. The molecule has 5 nitrogen and oxygen atoms in total. The van der Waals surface area contributed by atoms with Gasteiger partial charge < -0.3 is 14.8 Å². The summed E-state index contributed by atoms with van der Waals surface area (Å²) in [6.45, 7) is 10.7. The van der Waals surface area contributed by atoms with Gasteiger partial charge in [0, 0.05) is 12.1 Å². The van der Waals surface area contributed by atoms with E-state index in [0.29, 0.717) is 5.92 Å². The van der Waals surface area contributed by atoms with Crippen molar-refractivity contribution in [2.45, 2.75) is 83.2 Å². The van der Waals surface area contributed by atoms with Gasteiger partial charge >= 0.3 is 0 Å². The Kier molecular flexibility index (Phi) is 9.35. The van der Waals surface area contributed by atoms with Crippen molar-refractivity contribution in [3.63, 3.8) is 0 Å². The Bertz CT molecular complexity index is 685. The Balaban J connectivity index is 1.94. The first-order valence-electron chi connectivity index (χ1n) is 11.1. The van der Waals surface area contributed by atoms with Crippen LogP contribution in [-0.2, 0) is 4.79 Å². The van der Waals surface area contributed by atoms with Crippen molar-refractivity contribution < 1.29 is 14.3 Å². The predicted molar refractivity (Wildman–Crippen MR) is 125 cm³/mol. The van der Waals surface area contributed by atoms with Crippen LogP contribution in [0.1, 0.15) is 66.7 Å². The zero-order valence-corrected chi connectivity index (χ0v) is 20.5. The Morgan fingerprint density at radius 1 is 1.17 bits per heavy atom. The Hall–Kier alpha value is -1.40. The molecule has 0 aliphatic heterocycles. The number of benzene rings is 1. The zero-order chi connectivity index (χ0) is 22.3. The first-order valence-corrected chi connectivity index (χ1v) is 12.0. The van der Waals surface area contributed by atoms with E-state index in [-0.39, 0.29) is 11.9 Å². The number of nitrogens with one attached hydrogen (secondary N) is 2. The van der Waals surface area contributed by atoms with Gasteiger partial charge in [0.2, 0.25) is 5.91 Å². The van der Waals surface area contributed by atoms with Crippen LogP contribution < -0.4 is 19.5 Å². The quantitative estimate of drug-likeness (QED) is 0.479. The van der Waals surface area contributed by atoms with Gasteiger partial charge in [-0.05, 0) is 87.8 Å². The predicted octanol–water partition coefficient (Wildman–Crippen LogP) is 5.44. The maximum absolute atomic E-state index is 13.0. The molecule has 1 aromatic rings. The van der Waals surface area contributed by atoms with E-state index in [2.05, 4.69) is 30.8 Å². The van der Waals surface area contributed by atoms with Crippen LogP contribution in [0.15, 0.2) is 23.1 Å². The average molecular weight is 437 g/mol. The highest BCUT2D eigenvalue weighted by Gasteiger charge is 2.31. The minimum atomic E-state index is -0.712. The average Bonchev–Trinajstić information content (AvgIpc) is 2.70. The number of carbonyl (C=O) groups excluding carboxylic acids is 1. The fourth-order valence-electron chi connectivity index (χ4n) is 4.49. The van der Waals surface area contributed by atoms with Crippen LogP contribution in [0.5, 0.6) is 11.5 Å². The van der Waals surface area contributed by atoms with E-state index >= 15 is 0 Å². The third-order valence-electron chi connectivity index (χ3n) is 6.08. The van der Waals surface area contributed by atoms with Crippen LogP contribution in [0.4, 0.5) is 0 Å². The third kappa shape index (κ3) is 7.09. The lowest BCUT2D eigenvalue weighted by atomic mass is 9.74. The topological polar surface area (TPSA) is 59.6 Å². The normalized spacial score (nSPS) is 23.0. The number of rotatable bonds is 10. The van der Waals surface area contributed by atoms with Gasteiger partial charge in [0.25, 0.3) is 0 Å². The third-order valence-corrected chi connectivity index (χ3v) is 7.25. The molecular formula is C24H40N2O3S. The molecule has 0 spiro atoms. The molecule has 2 N–H and O–H groups in total. The summed E-state index contributed by atoms with van der Waals surface area (Å²) in [5, 5.41) is 3.30. The van der Waals surface area contributed by atoms with Gasteiger partial charge in [-0.15, -0.1) is 0 Å². The van der Waals surface area contributed by atoms with Crippen LogP contribution in [0.25, 0.3) is 0 Å². The molecule has 1 fully saturated rings. The molecule has 1 aliphatic carbocycles. The molecule has 0 saturated heterocycles. The van der Waals surface area contributed by atoms with Gasteiger partial charge in [-0.1, -0.05) is 20.8 Å². The lowest BCUT2D eigenvalue weighted by Crippen LogP contribution is -2.53. The van der Waals surface area contributed by atoms with Crippen molar-refractivity contribution in [3.05, 3.63) is 18.2 Å². The van der Waals surface area contributed by atoms with Crippen LogP contribution >= 0.6 is 11.9 Å². The summed E-state index contributed by atoms with van der Waals surface area (Å²) in [6, 6.07) is 5.89. The first-order chi connectivity index (χ1) is 14.2. The van der Waals surface area contributed by atoms with Crippen molar-refractivity contribution in [2.75, 3.05) is 14.2 Å². The fraction of sp³-hybridized carbons (Fsp3) is 0.708. The summed E-state index contributed by atoms with van der Waals surface area (Å²) in [5.74, 6) is 3.79. The van der Waals surface area contributed by atoms with E-state index in [1.807, 2.05) is 32.0 Å². The number of methoxy groups -OCH3 is 2. The molecule has 1 amide bonds. The molecule has 0 aromatic heterocycles. The SMILES string of the molecule is CCC(CC1CC(C)CC(C)C1)NC(=O)C(C)(C)NSc1ccc(OC)cc1OC. The summed E-state index contributed by atoms with van der Waals surface area (Å²) in [7, 11) is 3.27. The summed E-state index contributed by atoms with van der Waals surface area (Å²) in [5.41, 5.74) is -0.712.